The molecule has 2 aromatic rings. The van der Waals surface area contributed by atoms with E-state index in [1.54, 1.807) is 17.2 Å². The molecule has 1 aromatic heterocycles. The van der Waals surface area contributed by atoms with E-state index in [1.807, 2.05) is 25.1 Å². The summed E-state index contributed by atoms with van der Waals surface area (Å²) in [5, 5.41) is 0. The summed E-state index contributed by atoms with van der Waals surface area (Å²) in [5.74, 6) is -0.105. The van der Waals surface area contributed by atoms with Crippen molar-refractivity contribution in [3.8, 4) is 0 Å². The molecule has 0 aliphatic carbocycles. The number of ether oxygens (including phenoxy) is 1. The van der Waals surface area contributed by atoms with Gasteiger partial charge in [0.2, 0.25) is 5.91 Å². The van der Waals surface area contributed by atoms with Crippen LogP contribution in [-0.2, 0) is 22.6 Å². The number of aryl methyl sites for hydroxylation is 1. The zero-order chi connectivity index (χ0) is 17.6. The average Bonchev–Trinajstić information content (AvgIpc) is 3.09. The highest BCUT2D eigenvalue weighted by Crippen LogP contribution is 2.16. The van der Waals surface area contributed by atoms with E-state index in [0.717, 1.165) is 30.6 Å². The third-order valence-corrected chi connectivity index (χ3v) is 4.34. The highest BCUT2D eigenvalue weighted by molar-refractivity contribution is 5.76. The van der Waals surface area contributed by atoms with E-state index in [-0.39, 0.29) is 18.6 Å². The molecule has 1 aromatic carbocycles. The Kier molecular flexibility index (Phi) is 5.60. The zero-order valence-corrected chi connectivity index (χ0v) is 14.4. The number of amides is 1. The summed E-state index contributed by atoms with van der Waals surface area (Å²) in [7, 11) is 0. The van der Waals surface area contributed by atoms with Crippen LogP contribution < -0.4 is 5.69 Å². The van der Waals surface area contributed by atoms with Gasteiger partial charge in [-0.1, -0.05) is 29.8 Å². The van der Waals surface area contributed by atoms with Crippen LogP contribution >= 0.6 is 0 Å². The van der Waals surface area contributed by atoms with E-state index in [2.05, 4.69) is 11.1 Å². The van der Waals surface area contributed by atoms with Gasteiger partial charge in [0.05, 0.1) is 6.10 Å². The minimum absolute atomic E-state index is 0.00872. The van der Waals surface area contributed by atoms with E-state index < -0.39 is 5.69 Å². The quantitative estimate of drug-likeness (QED) is 0.803. The second-order valence-electron chi connectivity index (χ2n) is 6.43. The normalized spacial score (nSPS) is 16.8. The fraction of sp³-hybridized carbons (Fsp3) is 0.421. The molecule has 0 spiro atoms. The largest absolute Gasteiger partial charge is 0.376 e. The van der Waals surface area contributed by atoms with Gasteiger partial charge in [-0.2, -0.15) is 0 Å². The molecule has 1 atom stereocenters. The molecule has 0 N–H and O–H groups in total. The van der Waals surface area contributed by atoms with Gasteiger partial charge in [0, 0.05) is 32.1 Å². The number of hydrogen-bond donors (Lipinski definition) is 0. The van der Waals surface area contributed by atoms with Crippen LogP contribution in [0.25, 0.3) is 0 Å². The lowest BCUT2D eigenvalue weighted by molar-refractivity contribution is -0.134. The molecular weight excluding hydrogens is 318 g/mol. The summed E-state index contributed by atoms with van der Waals surface area (Å²) in [6.07, 6.45) is 5.08. The van der Waals surface area contributed by atoms with Gasteiger partial charge in [0.25, 0.3) is 0 Å². The van der Waals surface area contributed by atoms with Crippen molar-refractivity contribution in [1.82, 2.24) is 14.5 Å². The topological polar surface area (TPSA) is 64.4 Å². The highest BCUT2D eigenvalue weighted by atomic mass is 16.5. The molecule has 25 heavy (non-hydrogen) atoms. The Labute approximate surface area is 147 Å². The minimum atomic E-state index is -0.413. The van der Waals surface area contributed by atoms with Crippen LogP contribution in [0.1, 0.15) is 24.0 Å². The lowest BCUT2D eigenvalue weighted by atomic mass is 10.1. The molecule has 1 aliphatic rings. The Hall–Kier alpha value is -2.47. The number of carbonyl (C=O) groups is 1. The summed E-state index contributed by atoms with van der Waals surface area (Å²) in [4.78, 5) is 30.1. The Morgan fingerprint density at radius 1 is 1.40 bits per heavy atom. The predicted molar refractivity (Wildman–Crippen MR) is 94.1 cm³/mol. The zero-order valence-electron chi connectivity index (χ0n) is 14.4. The number of nitrogens with zero attached hydrogens (tertiary/aromatic N) is 3. The van der Waals surface area contributed by atoms with Gasteiger partial charge in [0.15, 0.2) is 0 Å². The van der Waals surface area contributed by atoms with Crippen molar-refractivity contribution in [1.29, 1.82) is 0 Å². The minimum Gasteiger partial charge on any atom is -0.376 e. The molecule has 0 bridgehead atoms. The summed E-state index contributed by atoms with van der Waals surface area (Å²) in [6.45, 7) is 3.83. The van der Waals surface area contributed by atoms with Gasteiger partial charge in [-0.05, 0) is 31.4 Å². The Bertz CT molecular complexity index is 781. The molecule has 3 rings (SSSR count). The third kappa shape index (κ3) is 4.76. The van der Waals surface area contributed by atoms with Crippen LogP contribution in [0.4, 0.5) is 0 Å². The first-order chi connectivity index (χ1) is 12.1. The third-order valence-electron chi connectivity index (χ3n) is 4.34. The van der Waals surface area contributed by atoms with Crippen LogP contribution in [0, 0.1) is 6.92 Å². The van der Waals surface area contributed by atoms with Gasteiger partial charge in [-0.3, -0.25) is 9.36 Å². The van der Waals surface area contributed by atoms with Gasteiger partial charge < -0.3 is 9.64 Å². The molecule has 0 radical (unpaired) electrons. The molecule has 6 heteroatoms. The molecule has 0 saturated carbocycles. The molecule has 1 unspecified atom stereocenters. The van der Waals surface area contributed by atoms with Crippen molar-refractivity contribution in [2.45, 2.75) is 39.0 Å². The van der Waals surface area contributed by atoms with Crippen LogP contribution in [0.5, 0.6) is 0 Å². The summed E-state index contributed by atoms with van der Waals surface area (Å²) < 4.78 is 7.03. The number of aromatic nitrogens is 2. The van der Waals surface area contributed by atoms with E-state index >= 15 is 0 Å². The average molecular weight is 341 g/mol. The Morgan fingerprint density at radius 3 is 3.00 bits per heavy atom. The van der Waals surface area contributed by atoms with Crippen LogP contribution in [-0.4, -0.2) is 39.6 Å². The Balaban J connectivity index is 1.75. The second kappa shape index (κ2) is 8.07. The van der Waals surface area contributed by atoms with Crippen molar-refractivity contribution in [3.05, 3.63) is 64.3 Å². The maximum Gasteiger partial charge on any atom is 0.347 e. The molecule has 1 fully saturated rings. The summed E-state index contributed by atoms with van der Waals surface area (Å²) in [6, 6.07) is 9.76. The molecular formula is C19H23N3O3. The lowest BCUT2D eigenvalue weighted by Crippen LogP contribution is -2.40. The molecule has 2 heterocycles. The van der Waals surface area contributed by atoms with Crippen molar-refractivity contribution in [2.24, 2.45) is 0 Å². The monoisotopic (exact) mass is 341 g/mol. The second-order valence-corrected chi connectivity index (χ2v) is 6.43. The smallest absolute Gasteiger partial charge is 0.347 e. The van der Waals surface area contributed by atoms with Crippen LogP contribution in [0.15, 0.2) is 47.5 Å². The molecule has 1 saturated heterocycles. The predicted octanol–water partition coefficient (Wildman–Crippen LogP) is 1.76. The molecule has 1 amide bonds. The standard InChI is InChI=1S/C19H23N3O3/c1-15-5-2-6-16(11-15)12-22(13-17-7-3-10-25-17)18(23)14-21-9-4-8-20-19(21)24/h2,4-6,8-9,11,17H,3,7,10,12-14H2,1H3. The summed E-state index contributed by atoms with van der Waals surface area (Å²) in [5.41, 5.74) is 1.82. The maximum absolute atomic E-state index is 12.8. The number of hydrogen-bond acceptors (Lipinski definition) is 4. The van der Waals surface area contributed by atoms with E-state index in [4.69, 9.17) is 4.74 Å². The number of rotatable bonds is 6. The first kappa shape index (κ1) is 17.4. The molecule has 1 aliphatic heterocycles. The van der Waals surface area contributed by atoms with Crippen molar-refractivity contribution < 1.29 is 9.53 Å². The highest BCUT2D eigenvalue weighted by Gasteiger charge is 2.23. The van der Waals surface area contributed by atoms with E-state index in [1.165, 1.54) is 10.8 Å². The van der Waals surface area contributed by atoms with Crippen molar-refractivity contribution in [2.75, 3.05) is 13.2 Å². The van der Waals surface area contributed by atoms with E-state index in [0.29, 0.717) is 13.1 Å². The first-order valence-corrected chi connectivity index (χ1v) is 8.58. The van der Waals surface area contributed by atoms with Gasteiger partial charge in [-0.15, -0.1) is 0 Å². The fourth-order valence-corrected chi connectivity index (χ4v) is 3.07. The van der Waals surface area contributed by atoms with E-state index in [9.17, 15) is 9.59 Å². The van der Waals surface area contributed by atoms with Crippen molar-refractivity contribution >= 4 is 5.91 Å². The molecule has 6 nitrogen and oxygen atoms in total. The van der Waals surface area contributed by atoms with Crippen LogP contribution in [0.2, 0.25) is 0 Å². The maximum atomic E-state index is 12.8. The Morgan fingerprint density at radius 2 is 2.28 bits per heavy atom. The summed E-state index contributed by atoms with van der Waals surface area (Å²) >= 11 is 0. The SMILES string of the molecule is Cc1cccc(CN(CC2CCCO2)C(=O)Cn2cccnc2=O)c1. The van der Waals surface area contributed by atoms with Crippen molar-refractivity contribution in [3.63, 3.8) is 0 Å². The molecule has 132 valence electrons. The van der Waals surface area contributed by atoms with Gasteiger partial charge in [0.1, 0.15) is 6.54 Å². The fourth-order valence-electron chi connectivity index (χ4n) is 3.07. The van der Waals surface area contributed by atoms with Crippen LogP contribution in [0.3, 0.4) is 0 Å². The lowest BCUT2D eigenvalue weighted by Gasteiger charge is -2.26. The first-order valence-electron chi connectivity index (χ1n) is 8.58. The van der Waals surface area contributed by atoms with Gasteiger partial charge >= 0.3 is 5.69 Å². The number of carbonyl (C=O) groups excluding carboxylic acids is 1. The van der Waals surface area contributed by atoms with Gasteiger partial charge in [-0.25, -0.2) is 9.78 Å². The number of benzene rings is 1.